The van der Waals surface area contributed by atoms with Crippen LogP contribution >= 0.6 is 0 Å². The number of aromatic nitrogens is 1. The van der Waals surface area contributed by atoms with Crippen molar-refractivity contribution in [3.8, 4) is 5.75 Å². The molecule has 0 aliphatic heterocycles. The molecular weight excluding hydrogens is 278 g/mol. The summed E-state index contributed by atoms with van der Waals surface area (Å²) in [6.07, 6.45) is 5.85. The summed E-state index contributed by atoms with van der Waals surface area (Å²) < 4.78 is 29.3. The van der Waals surface area contributed by atoms with Crippen molar-refractivity contribution in [1.29, 1.82) is 0 Å². The summed E-state index contributed by atoms with van der Waals surface area (Å²) in [6.45, 7) is 3.80. The van der Waals surface area contributed by atoms with Crippen LogP contribution < -0.4 is 4.74 Å². The summed E-state index contributed by atoms with van der Waals surface area (Å²) in [7, 11) is -3.31. The van der Waals surface area contributed by atoms with Gasteiger partial charge in [0.1, 0.15) is 11.4 Å². The Morgan fingerprint density at radius 3 is 2.75 bits per heavy atom. The molecule has 0 radical (unpaired) electrons. The van der Waals surface area contributed by atoms with Gasteiger partial charge in [-0.15, -0.1) is 0 Å². The summed E-state index contributed by atoms with van der Waals surface area (Å²) in [5.74, 6) is 0.546. The SMILES string of the molecule is CC(C)Oc1cncc(C2(O)CCCC2S(C)(=O)=O)c1. The number of aliphatic hydroxyl groups is 1. The van der Waals surface area contributed by atoms with E-state index in [-0.39, 0.29) is 6.10 Å². The van der Waals surface area contributed by atoms with Crippen molar-refractivity contribution < 1.29 is 18.3 Å². The molecule has 0 amide bonds. The van der Waals surface area contributed by atoms with Crippen molar-refractivity contribution in [2.45, 2.75) is 50.1 Å². The van der Waals surface area contributed by atoms with Crippen LogP contribution in [0.1, 0.15) is 38.7 Å². The quantitative estimate of drug-likeness (QED) is 0.915. The topological polar surface area (TPSA) is 76.5 Å². The Morgan fingerprint density at radius 2 is 2.15 bits per heavy atom. The lowest BCUT2D eigenvalue weighted by molar-refractivity contribution is 0.0469. The van der Waals surface area contributed by atoms with Gasteiger partial charge in [0.25, 0.3) is 0 Å². The molecule has 1 heterocycles. The van der Waals surface area contributed by atoms with Crippen LogP contribution in [0.4, 0.5) is 0 Å². The molecule has 1 aromatic heterocycles. The molecule has 1 aliphatic rings. The highest BCUT2D eigenvalue weighted by Gasteiger charge is 2.48. The third kappa shape index (κ3) is 2.96. The fourth-order valence-electron chi connectivity index (χ4n) is 2.85. The molecule has 1 N–H and O–H groups in total. The molecule has 1 fully saturated rings. The normalized spacial score (nSPS) is 26.9. The van der Waals surface area contributed by atoms with Gasteiger partial charge in [-0.3, -0.25) is 4.98 Å². The summed E-state index contributed by atoms with van der Waals surface area (Å²) in [6, 6.07) is 1.69. The maximum absolute atomic E-state index is 11.9. The van der Waals surface area contributed by atoms with Crippen molar-refractivity contribution in [2.75, 3.05) is 6.26 Å². The molecule has 2 unspecified atom stereocenters. The van der Waals surface area contributed by atoms with Crippen molar-refractivity contribution in [2.24, 2.45) is 0 Å². The molecule has 0 saturated heterocycles. The second kappa shape index (κ2) is 5.33. The van der Waals surface area contributed by atoms with Gasteiger partial charge in [0.2, 0.25) is 0 Å². The number of hydrogen-bond acceptors (Lipinski definition) is 5. The van der Waals surface area contributed by atoms with E-state index in [9.17, 15) is 13.5 Å². The van der Waals surface area contributed by atoms with Crippen LogP contribution in [0, 0.1) is 0 Å². The first-order chi connectivity index (χ1) is 9.23. The Labute approximate surface area is 119 Å². The van der Waals surface area contributed by atoms with Gasteiger partial charge < -0.3 is 9.84 Å². The van der Waals surface area contributed by atoms with Crippen LogP contribution in [-0.4, -0.2) is 36.1 Å². The first-order valence-electron chi connectivity index (χ1n) is 6.77. The molecular formula is C14H21NO4S. The van der Waals surface area contributed by atoms with Gasteiger partial charge in [0.05, 0.1) is 17.6 Å². The van der Waals surface area contributed by atoms with E-state index >= 15 is 0 Å². The van der Waals surface area contributed by atoms with Crippen LogP contribution in [-0.2, 0) is 15.4 Å². The van der Waals surface area contributed by atoms with E-state index < -0.39 is 20.7 Å². The number of sulfone groups is 1. The van der Waals surface area contributed by atoms with E-state index in [1.807, 2.05) is 13.8 Å². The first kappa shape index (κ1) is 15.3. The molecule has 2 atom stereocenters. The zero-order chi connectivity index (χ0) is 15.0. The summed E-state index contributed by atoms with van der Waals surface area (Å²) >= 11 is 0. The Morgan fingerprint density at radius 1 is 1.45 bits per heavy atom. The number of hydrogen-bond donors (Lipinski definition) is 1. The molecule has 0 bridgehead atoms. The minimum absolute atomic E-state index is 0.00373. The largest absolute Gasteiger partial charge is 0.489 e. The molecule has 1 saturated carbocycles. The maximum atomic E-state index is 11.9. The van der Waals surface area contributed by atoms with Gasteiger partial charge >= 0.3 is 0 Å². The van der Waals surface area contributed by atoms with Gasteiger partial charge in [-0.25, -0.2) is 8.42 Å². The average Bonchev–Trinajstić information content (AvgIpc) is 2.72. The van der Waals surface area contributed by atoms with Gasteiger partial charge in [0.15, 0.2) is 9.84 Å². The van der Waals surface area contributed by atoms with E-state index in [2.05, 4.69) is 4.98 Å². The first-order valence-corrected chi connectivity index (χ1v) is 8.72. The molecule has 1 aliphatic carbocycles. The van der Waals surface area contributed by atoms with E-state index in [0.717, 1.165) is 0 Å². The van der Waals surface area contributed by atoms with Crippen LogP contribution in [0.5, 0.6) is 5.75 Å². The molecule has 5 nitrogen and oxygen atoms in total. The number of nitrogens with zero attached hydrogens (tertiary/aromatic N) is 1. The Bertz CT molecular complexity index is 585. The second-order valence-corrected chi connectivity index (χ2v) is 7.94. The summed E-state index contributed by atoms with van der Waals surface area (Å²) in [5.41, 5.74) is -0.847. The molecule has 112 valence electrons. The van der Waals surface area contributed by atoms with Gasteiger partial charge in [-0.05, 0) is 39.2 Å². The van der Waals surface area contributed by atoms with Crippen LogP contribution in [0.3, 0.4) is 0 Å². The third-order valence-electron chi connectivity index (χ3n) is 3.66. The maximum Gasteiger partial charge on any atom is 0.153 e. The lowest BCUT2D eigenvalue weighted by atomic mass is 9.93. The highest BCUT2D eigenvalue weighted by molar-refractivity contribution is 7.91. The molecule has 20 heavy (non-hydrogen) atoms. The van der Waals surface area contributed by atoms with E-state index in [4.69, 9.17) is 4.74 Å². The molecule has 0 aromatic carbocycles. The predicted octanol–water partition coefficient (Wildman–Crippen LogP) is 1.65. The molecule has 6 heteroatoms. The summed E-state index contributed by atoms with van der Waals surface area (Å²) in [4.78, 5) is 4.06. The summed E-state index contributed by atoms with van der Waals surface area (Å²) in [5, 5.41) is 10.1. The lowest BCUT2D eigenvalue weighted by Crippen LogP contribution is -2.39. The van der Waals surface area contributed by atoms with E-state index in [1.54, 1.807) is 12.3 Å². The van der Waals surface area contributed by atoms with Gasteiger partial charge in [-0.1, -0.05) is 0 Å². The van der Waals surface area contributed by atoms with Gasteiger partial charge in [0, 0.05) is 18.0 Å². The molecule has 0 spiro atoms. The van der Waals surface area contributed by atoms with Crippen molar-refractivity contribution in [1.82, 2.24) is 4.98 Å². The fourth-order valence-corrected chi connectivity index (χ4v) is 4.40. The van der Waals surface area contributed by atoms with Crippen LogP contribution in [0.2, 0.25) is 0 Å². The van der Waals surface area contributed by atoms with Gasteiger partial charge in [-0.2, -0.15) is 0 Å². The van der Waals surface area contributed by atoms with E-state index in [0.29, 0.717) is 30.6 Å². The molecule has 1 aromatic rings. The van der Waals surface area contributed by atoms with Crippen molar-refractivity contribution in [3.63, 3.8) is 0 Å². The fraction of sp³-hybridized carbons (Fsp3) is 0.643. The lowest BCUT2D eigenvalue weighted by Gasteiger charge is -2.29. The second-order valence-electron chi connectivity index (χ2n) is 5.71. The van der Waals surface area contributed by atoms with Crippen molar-refractivity contribution in [3.05, 3.63) is 24.0 Å². The van der Waals surface area contributed by atoms with Crippen molar-refractivity contribution >= 4 is 9.84 Å². The zero-order valence-electron chi connectivity index (χ0n) is 12.0. The zero-order valence-corrected chi connectivity index (χ0v) is 12.9. The minimum Gasteiger partial charge on any atom is -0.489 e. The minimum atomic E-state index is -3.31. The number of ether oxygens (including phenoxy) is 1. The standard InChI is InChI=1S/C14H21NO4S/c1-10(2)19-12-7-11(8-15-9-12)14(16)6-4-5-13(14)20(3,17)18/h7-10,13,16H,4-6H2,1-3H3. The molecule has 2 rings (SSSR count). The van der Waals surface area contributed by atoms with E-state index in [1.165, 1.54) is 12.5 Å². The number of rotatable bonds is 4. The Hall–Kier alpha value is -1.14. The van der Waals surface area contributed by atoms with Crippen LogP contribution in [0.15, 0.2) is 18.5 Å². The average molecular weight is 299 g/mol. The Kier molecular flexibility index (Phi) is 4.07. The Balaban J connectivity index is 2.39. The third-order valence-corrected chi connectivity index (χ3v) is 5.32. The monoisotopic (exact) mass is 299 g/mol. The number of pyridine rings is 1. The smallest absolute Gasteiger partial charge is 0.153 e. The highest BCUT2D eigenvalue weighted by Crippen LogP contribution is 2.42. The predicted molar refractivity (Wildman–Crippen MR) is 76.4 cm³/mol. The highest BCUT2D eigenvalue weighted by atomic mass is 32.2. The van der Waals surface area contributed by atoms with Crippen LogP contribution in [0.25, 0.3) is 0 Å².